The molecule has 1 N–H and O–H groups in total. The maximum Gasteiger partial charge on any atom is 0.410 e. The van der Waals surface area contributed by atoms with Gasteiger partial charge in [0.15, 0.2) is 0 Å². The summed E-state index contributed by atoms with van der Waals surface area (Å²) in [7, 11) is 0. The van der Waals surface area contributed by atoms with Crippen molar-refractivity contribution in [3.63, 3.8) is 0 Å². The molecule has 1 atom stereocenters. The summed E-state index contributed by atoms with van der Waals surface area (Å²) in [6.45, 7) is 6.51. The second-order valence-electron chi connectivity index (χ2n) is 4.65. The van der Waals surface area contributed by atoms with E-state index in [0.29, 0.717) is 6.54 Å². The Morgan fingerprint density at radius 1 is 1.60 bits per heavy atom. The van der Waals surface area contributed by atoms with E-state index in [9.17, 15) is 4.79 Å². The van der Waals surface area contributed by atoms with Crippen LogP contribution in [0.3, 0.4) is 0 Å². The van der Waals surface area contributed by atoms with Crippen molar-refractivity contribution < 1.29 is 14.6 Å². The maximum atomic E-state index is 11.8. The van der Waals surface area contributed by atoms with Crippen LogP contribution in [0.4, 0.5) is 4.79 Å². The van der Waals surface area contributed by atoms with E-state index < -0.39 is 5.60 Å². The predicted molar refractivity (Wildman–Crippen MR) is 57.7 cm³/mol. The molecule has 0 aromatic heterocycles. The molecule has 15 heavy (non-hydrogen) atoms. The Morgan fingerprint density at radius 3 is 2.80 bits per heavy atom. The van der Waals surface area contributed by atoms with Crippen LogP contribution in [0.15, 0.2) is 0 Å². The van der Waals surface area contributed by atoms with Crippen molar-refractivity contribution in [3.05, 3.63) is 0 Å². The minimum absolute atomic E-state index is 0.0294. The molecule has 0 saturated carbocycles. The van der Waals surface area contributed by atoms with Crippen molar-refractivity contribution in [2.24, 2.45) is 0 Å². The number of nitrogens with zero attached hydrogens (tertiary/aromatic N) is 1. The number of hydrogen-bond donors (Lipinski definition) is 1. The summed E-state index contributed by atoms with van der Waals surface area (Å²) in [6, 6.07) is -0.0508. The molecule has 0 bridgehead atoms. The molecular weight excluding hydrogens is 194 g/mol. The number of carbonyl (C=O) groups is 1. The second kappa shape index (κ2) is 4.84. The molecule has 1 amide bonds. The number of amides is 1. The topological polar surface area (TPSA) is 49.8 Å². The number of hydrogen-bond acceptors (Lipinski definition) is 3. The Kier molecular flexibility index (Phi) is 3.97. The molecule has 1 aliphatic heterocycles. The van der Waals surface area contributed by atoms with Gasteiger partial charge in [0, 0.05) is 6.54 Å². The van der Waals surface area contributed by atoms with Gasteiger partial charge in [-0.05, 0) is 33.1 Å². The molecular formula is C11H21NO3. The van der Waals surface area contributed by atoms with Crippen molar-refractivity contribution in [1.82, 2.24) is 4.90 Å². The highest BCUT2D eigenvalue weighted by Crippen LogP contribution is 2.21. The first-order chi connectivity index (χ1) is 7.00. The number of carbonyl (C=O) groups excluding carboxylic acids is 1. The monoisotopic (exact) mass is 215 g/mol. The molecule has 0 unspecified atom stereocenters. The predicted octanol–water partition coefficient (Wildman–Crippen LogP) is 1.77. The number of likely N-dealkylation sites (tertiary alicyclic amines) is 1. The maximum absolute atomic E-state index is 11.8. The van der Waals surface area contributed by atoms with E-state index in [1.54, 1.807) is 4.90 Å². The second-order valence-corrected chi connectivity index (χ2v) is 4.65. The lowest BCUT2D eigenvalue weighted by Gasteiger charge is -2.29. The fraction of sp³-hybridized carbons (Fsp3) is 0.909. The van der Waals surface area contributed by atoms with Gasteiger partial charge in [-0.3, -0.25) is 0 Å². The lowest BCUT2D eigenvalue weighted by Crippen LogP contribution is -2.41. The minimum atomic E-state index is -0.417. The Bertz CT molecular complexity index is 228. The summed E-state index contributed by atoms with van der Waals surface area (Å²) in [5, 5.41) is 9.09. The molecule has 4 nitrogen and oxygen atoms in total. The molecule has 1 saturated heterocycles. The lowest BCUT2D eigenvalue weighted by atomic mass is 10.1. The number of ether oxygens (including phenoxy) is 1. The minimum Gasteiger partial charge on any atom is -0.443 e. The van der Waals surface area contributed by atoms with Crippen molar-refractivity contribution in [2.75, 3.05) is 13.2 Å². The molecule has 0 spiro atoms. The summed E-state index contributed by atoms with van der Waals surface area (Å²) in [4.78, 5) is 13.4. The van der Waals surface area contributed by atoms with Crippen LogP contribution >= 0.6 is 0 Å². The first-order valence-corrected chi connectivity index (χ1v) is 5.60. The van der Waals surface area contributed by atoms with Crippen molar-refractivity contribution >= 4 is 6.09 Å². The van der Waals surface area contributed by atoms with Crippen LogP contribution in [0.1, 0.15) is 40.0 Å². The Balaban J connectivity index is 2.53. The van der Waals surface area contributed by atoms with E-state index in [1.807, 2.05) is 20.8 Å². The summed E-state index contributed by atoms with van der Waals surface area (Å²) in [6.07, 6.45) is 2.32. The van der Waals surface area contributed by atoms with Crippen molar-refractivity contribution in [1.29, 1.82) is 0 Å². The van der Waals surface area contributed by atoms with Gasteiger partial charge in [0.25, 0.3) is 0 Å². The van der Waals surface area contributed by atoms with Gasteiger partial charge in [0.1, 0.15) is 5.60 Å². The van der Waals surface area contributed by atoms with E-state index in [4.69, 9.17) is 9.84 Å². The summed E-state index contributed by atoms with van der Waals surface area (Å²) in [5.41, 5.74) is -0.417. The van der Waals surface area contributed by atoms with E-state index in [1.165, 1.54) is 0 Å². The van der Waals surface area contributed by atoms with Gasteiger partial charge in [-0.2, -0.15) is 0 Å². The number of aliphatic hydroxyl groups excluding tert-OH is 1. The highest BCUT2D eigenvalue weighted by atomic mass is 16.6. The van der Waals surface area contributed by atoms with Crippen LogP contribution in [0, 0.1) is 0 Å². The normalized spacial score (nSPS) is 21.9. The van der Waals surface area contributed by atoms with E-state index in [2.05, 4.69) is 0 Å². The Morgan fingerprint density at radius 2 is 2.27 bits per heavy atom. The first-order valence-electron chi connectivity index (χ1n) is 5.60. The van der Waals surface area contributed by atoms with Crippen LogP contribution in [0.2, 0.25) is 0 Å². The van der Waals surface area contributed by atoms with Crippen LogP contribution in [-0.4, -0.2) is 40.9 Å². The van der Waals surface area contributed by atoms with Crippen LogP contribution in [0.5, 0.6) is 0 Å². The Labute approximate surface area is 91.2 Å². The zero-order valence-corrected chi connectivity index (χ0v) is 9.82. The van der Waals surface area contributed by atoms with Gasteiger partial charge >= 0.3 is 6.09 Å². The fourth-order valence-electron chi connectivity index (χ4n) is 1.63. The molecule has 1 aliphatic rings. The van der Waals surface area contributed by atoms with Crippen LogP contribution in [-0.2, 0) is 4.74 Å². The standard InChI is InChI=1S/C11H21NO3/c1-4-11(2,3)15-10(14)12-7-5-6-9(12)8-13/h9,13H,4-8H2,1-3H3/t9-/m0/s1. The third-order valence-corrected chi connectivity index (χ3v) is 3.04. The average molecular weight is 215 g/mol. The molecule has 0 aliphatic carbocycles. The van der Waals surface area contributed by atoms with E-state index >= 15 is 0 Å². The van der Waals surface area contributed by atoms with Gasteiger partial charge in [-0.1, -0.05) is 6.92 Å². The van der Waals surface area contributed by atoms with E-state index in [0.717, 1.165) is 19.3 Å². The van der Waals surface area contributed by atoms with Gasteiger partial charge in [-0.25, -0.2) is 4.79 Å². The largest absolute Gasteiger partial charge is 0.443 e. The highest BCUT2D eigenvalue weighted by molar-refractivity contribution is 5.69. The van der Waals surface area contributed by atoms with Gasteiger partial charge in [0.2, 0.25) is 0 Å². The number of aliphatic hydroxyl groups is 1. The number of rotatable bonds is 3. The van der Waals surface area contributed by atoms with Crippen LogP contribution in [0.25, 0.3) is 0 Å². The quantitative estimate of drug-likeness (QED) is 0.780. The van der Waals surface area contributed by atoms with Gasteiger partial charge in [-0.15, -0.1) is 0 Å². The van der Waals surface area contributed by atoms with Crippen molar-refractivity contribution in [3.8, 4) is 0 Å². The Hall–Kier alpha value is -0.770. The molecule has 0 radical (unpaired) electrons. The highest BCUT2D eigenvalue weighted by Gasteiger charge is 2.32. The molecule has 88 valence electrons. The molecule has 0 aromatic rings. The first kappa shape index (κ1) is 12.3. The molecule has 0 aromatic carbocycles. The zero-order chi connectivity index (χ0) is 11.5. The molecule has 1 rings (SSSR count). The van der Waals surface area contributed by atoms with Crippen LogP contribution < -0.4 is 0 Å². The average Bonchev–Trinajstić information content (AvgIpc) is 2.64. The molecule has 1 fully saturated rings. The summed E-state index contributed by atoms with van der Waals surface area (Å²) >= 11 is 0. The van der Waals surface area contributed by atoms with Gasteiger partial charge < -0.3 is 14.7 Å². The van der Waals surface area contributed by atoms with Crippen molar-refractivity contribution in [2.45, 2.75) is 51.7 Å². The smallest absolute Gasteiger partial charge is 0.410 e. The molecule has 1 heterocycles. The lowest BCUT2D eigenvalue weighted by molar-refractivity contribution is 0.00514. The third-order valence-electron chi connectivity index (χ3n) is 3.04. The van der Waals surface area contributed by atoms with Gasteiger partial charge in [0.05, 0.1) is 12.6 Å². The SMILES string of the molecule is CCC(C)(C)OC(=O)N1CCC[C@H]1CO. The van der Waals surface area contributed by atoms with E-state index in [-0.39, 0.29) is 18.7 Å². The third kappa shape index (κ3) is 3.09. The summed E-state index contributed by atoms with van der Waals surface area (Å²) < 4.78 is 5.38. The fourth-order valence-corrected chi connectivity index (χ4v) is 1.63. The zero-order valence-electron chi connectivity index (χ0n) is 9.82. The molecule has 4 heteroatoms. The summed E-state index contributed by atoms with van der Waals surface area (Å²) in [5.74, 6) is 0.